The lowest BCUT2D eigenvalue weighted by molar-refractivity contribution is -0.136. The molecular weight excluding hydrogens is 226 g/mol. The van der Waals surface area contributed by atoms with Gasteiger partial charge in [0.25, 0.3) is 0 Å². The molecule has 0 spiro atoms. The Balaban J connectivity index is 2.95. The number of piperidine rings is 1. The fourth-order valence-corrected chi connectivity index (χ4v) is 2.23. The van der Waals surface area contributed by atoms with E-state index in [0.29, 0.717) is 25.8 Å². The number of carbonyl (C=O) groups excluding carboxylic acids is 2. The van der Waals surface area contributed by atoms with Gasteiger partial charge in [0.05, 0.1) is 6.04 Å². The molecule has 1 saturated heterocycles. The zero-order valence-electron chi connectivity index (χ0n) is 11.0. The van der Waals surface area contributed by atoms with Crippen molar-refractivity contribution >= 4 is 11.7 Å². The Bertz CT molecular complexity index is 382. The summed E-state index contributed by atoms with van der Waals surface area (Å²) in [5, 5.41) is 0. The second-order valence-electron chi connectivity index (χ2n) is 4.45. The molecule has 1 heterocycles. The van der Waals surface area contributed by atoms with Gasteiger partial charge in [0.15, 0.2) is 0 Å². The molecule has 1 fully saturated rings. The molecule has 1 amide bonds. The summed E-state index contributed by atoms with van der Waals surface area (Å²) in [6.45, 7) is 9.91. The maximum atomic E-state index is 12.1. The van der Waals surface area contributed by atoms with Crippen molar-refractivity contribution < 1.29 is 9.59 Å². The molecule has 1 aliphatic rings. The summed E-state index contributed by atoms with van der Waals surface area (Å²) in [5.41, 5.74) is 0.891. The predicted octanol–water partition coefficient (Wildman–Crippen LogP) is 2.65. The second kappa shape index (κ2) is 6.94. The highest BCUT2D eigenvalue weighted by atomic mass is 16.2. The van der Waals surface area contributed by atoms with Gasteiger partial charge in [0.2, 0.25) is 5.91 Å². The Kier molecular flexibility index (Phi) is 5.56. The molecule has 3 heteroatoms. The zero-order chi connectivity index (χ0) is 13.5. The number of Topliss-reactive ketones (excluding diaryl/α,β-unsaturated/α-hetero) is 1. The number of ketones is 1. The smallest absolute Gasteiger partial charge is 0.223 e. The van der Waals surface area contributed by atoms with Gasteiger partial charge in [-0.3, -0.25) is 9.59 Å². The van der Waals surface area contributed by atoms with E-state index in [-0.39, 0.29) is 17.7 Å². The summed E-state index contributed by atoms with van der Waals surface area (Å²) in [7, 11) is 0. The van der Waals surface area contributed by atoms with Crippen LogP contribution in [0.2, 0.25) is 0 Å². The van der Waals surface area contributed by atoms with Gasteiger partial charge in [0, 0.05) is 25.8 Å². The van der Waals surface area contributed by atoms with E-state index in [9.17, 15) is 9.59 Å². The van der Waals surface area contributed by atoms with Gasteiger partial charge in [-0.05, 0) is 12.0 Å². The molecule has 0 saturated carbocycles. The summed E-state index contributed by atoms with van der Waals surface area (Å²) in [5.74, 6) is 0.323. The lowest BCUT2D eigenvalue weighted by Gasteiger charge is -2.36. The minimum atomic E-state index is -0.166. The molecular formula is C15H21NO2. The van der Waals surface area contributed by atoms with Crippen LogP contribution in [0.4, 0.5) is 0 Å². The lowest BCUT2D eigenvalue weighted by atomic mass is 9.93. The Morgan fingerprint density at radius 3 is 2.78 bits per heavy atom. The molecule has 0 bridgehead atoms. The molecule has 18 heavy (non-hydrogen) atoms. The van der Waals surface area contributed by atoms with E-state index in [2.05, 4.69) is 13.2 Å². The summed E-state index contributed by atoms with van der Waals surface area (Å²) in [6, 6.07) is -0.166. The van der Waals surface area contributed by atoms with Crippen molar-refractivity contribution in [2.24, 2.45) is 0 Å². The Morgan fingerprint density at radius 1 is 1.50 bits per heavy atom. The maximum Gasteiger partial charge on any atom is 0.223 e. The van der Waals surface area contributed by atoms with E-state index in [0.717, 1.165) is 12.0 Å². The molecule has 3 nitrogen and oxygen atoms in total. The second-order valence-corrected chi connectivity index (χ2v) is 4.45. The highest BCUT2D eigenvalue weighted by molar-refractivity contribution is 5.85. The summed E-state index contributed by atoms with van der Waals surface area (Å²) >= 11 is 0. The van der Waals surface area contributed by atoms with Crippen LogP contribution in [0.3, 0.4) is 0 Å². The number of carbonyl (C=O) groups is 2. The summed E-state index contributed by atoms with van der Waals surface area (Å²) < 4.78 is 0. The largest absolute Gasteiger partial charge is 0.335 e. The number of hydrogen-bond donors (Lipinski definition) is 0. The van der Waals surface area contributed by atoms with Crippen LogP contribution in [-0.4, -0.2) is 29.2 Å². The number of rotatable bonds is 5. The first kappa shape index (κ1) is 14.4. The van der Waals surface area contributed by atoms with Crippen molar-refractivity contribution in [1.82, 2.24) is 4.90 Å². The first-order valence-corrected chi connectivity index (χ1v) is 6.40. The molecule has 1 atom stereocenters. The van der Waals surface area contributed by atoms with Gasteiger partial charge in [-0.2, -0.15) is 0 Å². The molecule has 1 aliphatic heterocycles. The van der Waals surface area contributed by atoms with Crippen LogP contribution in [0, 0.1) is 0 Å². The van der Waals surface area contributed by atoms with Gasteiger partial charge in [0.1, 0.15) is 5.78 Å². The van der Waals surface area contributed by atoms with Crippen LogP contribution in [0.25, 0.3) is 0 Å². The average Bonchev–Trinajstić information content (AvgIpc) is 2.36. The molecule has 0 aromatic carbocycles. The summed E-state index contributed by atoms with van der Waals surface area (Å²) in [6.07, 6.45) is 7.40. The fraction of sp³-hybridized carbons (Fsp3) is 0.467. The first-order chi connectivity index (χ1) is 8.63. The van der Waals surface area contributed by atoms with E-state index in [1.165, 1.54) is 0 Å². The third kappa shape index (κ3) is 3.42. The third-order valence-corrected chi connectivity index (χ3v) is 3.14. The van der Waals surface area contributed by atoms with Crippen molar-refractivity contribution in [3.8, 4) is 0 Å². The quantitative estimate of drug-likeness (QED) is 0.700. The van der Waals surface area contributed by atoms with Gasteiger partial charge >= 0.3 is 0 Å². The molecule has 0 aromatic heterocycles. The van der Waals surface area contributed by atoms with Crippen LogP contribution in [0.15, 0.2) is 37.0 Å². The number of allylic oxidation sites excluding steroid dienone is 2. The fourth-order valence-electron chi connectivity index (χ4n) is 2.23. The average molecular weight is 247 g/mol. The lowest BCUT2D eigenvalue weighted by Crippen LogP contribution is -2.47. The van der Waals surface area contributed by atoms with Crippen LogP contribution in [0.1, 0.15) is 32.6 Å². The number of hydrogen-bond acceptors (Lipinski definition) is 2. The third-order valence-electron chi connectivity index (χ3n) is 3.14. The molecule has 0 radical (unpaired) electrons. The molecule has 0 N–H and O–H groups in total. The highest BCUT2D eigenvalue weighted by Crippen LogP contribution is 2.23. The molecule has 1 unspecified atom stereocenters. The zero-order valence-corrected chi connectivity index (χ0v) is 11.0. The van der Waals surface area contributed by atoms with Crippen LogP contribution >= 0.6 is 0 Å². The Hall–Kier alpha value is -1.64. The Morgan fingerprint density at radius 2 is 2.22 bits per heavy atom. The summed E-state index contributed by atoms with van der Waals surface area (Å²) in [4.78, 5) is 25.5. The SMILES string of the molecule is C=C/C=C(\C=C)C1CC(=O)CCN1C(=O)CCC. The Labute approximate surface area is 109 Å². The van der Waals surface area contributed by atoms with Crippen molar-refractivity contribution in [2.45, 2.75) is 38.6 Å². The van der Waals surface area contributed by atoms with E-state index in [1.54, 1.807) is 12.2 Å². The molecule has 98 valence electrons. The van der Waals surface area contributed by atoms with Crippen molar-refractivity contribution in [3.05, 3.63) is 37.0 Å². The van der Waals surface area contributed by atoms with Crippen LogP contribution in [-0.2, 0) is 9.59 Å². The van der Waals surface area contributed by atoms with Crippen LogP contribution in [0.5, 0.6) is 0 Å². The standard InChI is InChI=1S/C15H21NO2/c1-4-7-12(6-3)14-11-13(17)9-10-16(14)15(18)8-5-2/h4,6-7,14H,1,3,5,8-11H2,2H3/b12-7+. The van der Waals surface area contributed by atoms with Crippen LogP contribution < -0.4 is 0 Å². The minimum Gasteiger partial charge on any atom is -0.335 e. The van der Waals surface area contributed by atoms with Crippen molar-refractivity contribution in [2.75, 3.05) is 6.54 Å². The normalized spacial score (nSPS) is 20.7. The van der Waals surface area contributed by atoms with Gasteiger partial charge in [-0.25, -0.2) is 0 Å². The van der Waals surface area contributed by atoms with Gasteiger partial charge in [-0.15, -0.1) is 0 Å². The van der Waals surface area contributed by atoms with Gasteiger partial charge < -0.3 is 4.90 Å². The number of nitrogens with zero attached hydrogens (tertiary/aromatic N) is 1. The topological polar surface area (TPSA) is 37.4 Å². The number of amides is 1. The van der Waals surface area contributed by atoms with E-state index in [4.69, 9.17) is 0 Å². The van der Waals surface area contributed by atoms with Crippen molar-refractivity contribution in [1.29, 1.82) is 0 Å². The number of likely N-dealkylation sites (tertiary alicyclic amines) is 1. The highest BCUT2D eigenvalue weighted by Gasteiger charge is 2.31. The molecule has 0 aliphatic carbocycles. The predicted molar refractivity (Wildman–Crippen MR) is 73.1 cm³/mol. The minimum absolute atomic E-state index is 0.117. The molecule has 0 aromatic rings. The monoisotopic (exact) mass is 247 g/mol. The first-order valence-electron chi connectivity index (χ1n) is 6.40. The van der Waals surface area contributed by atoms with Crippen molar-refractivity contribution in [3.63, 3.8) is 0 Å². The van der Waals surface area contributed by atoms with E-state index in [1.807, 2.05) is 17.9 Å². The maximum absolute atomic E-state index is 12.1. The van der Waals surface area contributed by atoms with E-state index >= 15 is 0 Å². The molecule has 1 rings (SSSR count). The van der Waals surface area contributed by atoms with Gasteiger partial charge in [-0.1, -0.05) is 38.3 Å². The van der Waals surface area contributed by atoms with E-state index < -0.39 is 0 Å².